The van der Waals surface area contributed by atoms with Crippen LogP contribution in [0.25, 0.3) is 0 Å². The first-order chi connectivity index (χ1) is 8.16. The van der Waals surface area contributed by atoms with E-state index in [9.17, 15) is 0 Å². The van der Waals surface area contributed by atoms with Crippen molar-refractivity contribution in [2.75, 3.05) is 5.73 Å². The summed E-state index contributed by atoms with van der Waals surface area (Å²) < 4.78 is 5.76. The Bertz CT molecular complexity index is 506. The molecule has 0 radical (unpaired) electrons. The van der Waals surface area contributed by atoms with E-state index < -0.39 is 0 Å². The predicted molar refractivity (Wildman–Crippen MR) is 71.1 cm³/mol. The second-order valence-corrected chi connectivity index (χ2v) is 4.27. The quantitative estimate of drug-likeness (QED) is 0.815. The second-order valence-electron chi connectivity index (χ2n) is 4.27. The summed E-state index contributed by atoms with van der Waals surface area (Å²) in [4.78, 5) is 0. The van der Waals surface area contributed by atoms with E-state index in [1.807, 2.05) is 50.2 Å². The van der Waals surface area contributed by atoms with Crippen LogP contribution in [0.4, 0.5) is 5.69 Å². The van der Waals surface area contributed by atoms with Crippen LogP contribution in [0.3, 0.4) is 0 Å². The van der Waals surface area contributed by atoms with Crippen LogP contribution >= 0.6 is 0 Å². The molecule has 17 heavy (non-hydrogen) atoms. The van der Waals surface area contributed by atoms with Gasteiger partial charge in [-0.25, -0.2) is 0 Å². The van der Waals surface area contributed by atoms with Crippen molar-refractivity contribution in [1.29, 1.82) is 0 Å². The summed E-state index contributed by atoms with van der Waals surface area (Å²) in [5.74, 6) is 0.770. The molecule has 0 fully saturated rings. The topological polar surface area (TPSA) is 35.2 Å². The molecule has 0 unspecified atom stereocenters. The molecule has 0 atom stereocenters. The molecular formula is C15H17NO. The average molecular weight is 227 g/mol. The molecule has 0 bridgehead atoms. The lowest BCUT2D eigenvalue weighted by atomic mass is 10.1. The van der Waals surface area contributed by atoms with Gasteiger partial charge in [0.25, 0.3) is 0 Å². The largest absolute Gasteiger partial charge is 0.487 e. The van der Waals surface area contributed by atoms with E-state index in [2.05, 4.69) is 6.07 Å². The fraction of sp³-hybridized carbons (Fsp3) is 0.200. The van der Waals surface area contributed by atoms with E-state index in [1.165, 1.54) is 5.56 Å². The van der Waals surface area contributed by atoms with Crippen molar-refractivity contribution in [1.82, 2.24) is 0 Å². The maximum Gasteiger partial charge on any atom is 0.143 e. The van der Waals surface area contributed by atoms with Crippen LogP contribution in [0.1, 0.15) is 16.7 Å². The van der Waals surface area contributed by atoms with E-state index >= 15 is 0 Å². The molecule has 2 heteroatoms. The molecular weight excluding hydrogens is 210 g/mol. The van der Waals surface area contributed by atoms with Gasteiger partial charge in [0, 0.05) is 0 Å². The number of hydrogen-bond acceptors (Lipinski definition) is 2. The minimum absolute atomic E-state index is 0.550. The van der Waals surface area contributed by atoms with E-state index in [1.54, 1.807) is 0 Å². The average Bonchev–Trinajstić information content (AvgIpc) is 2.33. The van der Waals surface area contributed by atoms with Gasteiger partial charge in [-0.1, -0.05) is 36.4 Å². The molecule has 0 aliphatic heterocycles. The summed E-state index contributed by atoms with van der Waals surface area (Å²) in [6.45, 7) is 4.59. The molecule has 0 saturated carbocycles. The maximum absolute atomic E-state index is 5.99. The molecule has 0 amide bonds. The standard InChI is InChI=1S/C15H17NO/c1-11-8-12(2)15(16)14(9-11)17-10-13-6-4-3-5-7-13/h3-9H,10,16H2,1-2H3. The zero-order valence-electron chi connectivity index (χ0n) is 10.2. The lowest BCUT2D eigenvalue weighted by molar-refractivity contribution is 0.307. The van der Waals surface area contributed by atoms with Crippen LogP contribution in [-0.2, 0) is 6.61 Å². The third-order valence-electron chi connectivity index (χ3n) is 2.73. The SMILES string of the molecule is Cc1cc(C)c(N)c(OCc2ccccc2)c1. The van der Waals surface area contributed by atoms with Gasteiger partial charge in [-0.3, -0.25) is 0 Å². The number of benzene rings is 2. The summed E-state index contributed by atoms with van der Waals surface area (Å²) in [6, 6.07) is 14.1. The minimum atomic E-state index is 0.550. The van der Waals surface area contributed by atoms with Crippen LogP contribution in [0, 0.1) is 13.8 Å². The predicted octanol–water partition coefficient (Wildman–Crippen LogP) is 3.46. The van der Waals surface area contributed by atoms with Gasteiger partial charge >= 0.3 is 0 Å². The van der Waals surface area contributed by atoms with E-state index in [0.29, 0.717) is 6.61 Å². The van der Waals surface area contributed by atoms with Crippen molar-refractivity contribution in [2.24, 2.45) is 0 Å². The van der Waals surface area contributed by atoms with Gasteiger partial charge in [0.2, 0.25) is 0 Å². The molecule has 0 saturated heterocycles. The molecule has 2 rings (SSSR count). The molecule has 2 nitrogen and oxygen atoms in total. The first kappa shape index (κ1) is 11.5. The highest BCUT2D eigenvalue weighted by molar-refractivity contribution is 5.59. The molecule has 2 aromatic rings. The third kappa shape index (κ3) is 2.78. The van der Waals surface area contributed by atoms with Crippen molar-refractivity contribution < 1.29 is 4.74 Å². The van der Waals surface area contributed by atoms with Gasteiger partial charge in [0.05, 0.1) is 5.69 Å². The number of hydrogen-bond donors (Lipinski definition) is 1. The lowest BCUT2D eigenvalue weighted by Crippen LogP contribution is -2.00. The van der Waals surface area contributed by atoms with Crippen molar-refractivity contribution in [3.8, 4) is 5.75 Å². The van der Waals surface area contributed by atoms with Gasteiger partial charge in [0.1, 0.15) is 12.4 Å². The minimum Gasteiger partial charge on any atom is -0.487 e. The van der Waals surface area contributed by atoms with E-state index in [4.69, 9.17) is 10.5 Å². The number of anilines is 1. The highest BCUT2D eigenvalue weighted by atomic mass is 16.5. The molecule has 2 N–H and O–H groups in total. The van der Waals surface area contributed by atoms with Gasteiger partial charge in [-0.15, -0.1) is 0 Å². The Hall–Kier alpha value is -1.96. The highest BCUT2D eigenvalue weighted by Crippen LogP contribution is 2.27. The molecule has 0 aliphatic carbocycles. The summed E-state index contributed by atoms with van der Waals surface area (Å²) >= 11 is 0. The Morgan fingerprint density at radius 1 is 1.06 bits per heavy atom. The molecule has 0 spiro atoms. The Morgan fingerprint density at radius 3 is 2.47 bits per heavy atom. The van der Waals surface area contributed by atoms with Crippen molar-refractivity contribution in [3.63, 3.8) is 0 Å². The Labute approximate surface area is 102 Å². The van der Waals surface area contributed by atoms with E-state index in [-0.39, 0.29) is 0 Å². The first-order valence-electron chi connectivity index (χ1n) is 5.70. The summed E-state index contributed by atoms with van der Waals surface area (Å²) in [7, 11) is 0. The molecule has 2 aromatic carbocycles. The second kappa shape index (κ2) is 4.91. The monoisotopic (exact) mass is 227 g/mol. The number of nitrogens with two attached hydrogens (primary N) is 1. The first-order valence-corrected chi connectivity index (χ1v) is 5.70. The smallest absolute Gasteiger partial charge is 0.143 e. The summed E-state index contributed by atoms with van der Waals surface area (Å²) in [5, 5.41) is 0. The van der Waals surface area contributed by atoms with Gasteiger partial charge in [-0.05, 0) is 36.6 Å². The van der Waals surface area contributed by atoms with Crippen LogP contribution in [0.15, 0.2) is 42.5 Å². The Balaban J connectivity index is 2.14. The van der Waals surface area contributed by atoms with Crippen LogP contribution in [0.5, 0.6) is 5.75 Å². The third-order valence-corrected chi connectivity index (χ3v) is 2.73. The number of aryl methyl sites for hydroxylation is 2. The fourth-order valence-corrected chi connectivity index (χ4v) is 1.79. The van der Waals surface area contributed by atoms with Crippen LogP contribution in [0.2, 0.25) is 0 Å². The maximum atomic E-state index is 5.99. The van der Waals surface area contributed by atoms with Crippen molar-refractivity contribution >= 4 is 5.69 Å². The number of ether oxygens (including phenoxy) is 1. The van der Waals surface area contributed by atoms with Gasteiger partial charge in [0.15, 0.2) is 0 Å². The fourth-order valence-electron chi connectivity index (χ4n) is 1.79. The number of nitrogen functional groups attached to an aromatic ring is 1. The summed E-state index contributed by atoms with van der Waals surface area (Å²) in [6.07, 6.45) is 0. The zero-order chi connectivity index (χ0) is 12.3. The lowest BCUT2D eigenvalue weighted by Gasteiger charge is -2.12. The van der Waals surface area contributed by atoms with E-state index in [0.717, 1.165) is 22.6 Å². The Kier molecular flexibility index (Phi) is 3.33. The molecule has 88 valence electrons. The van der Waals surface area contributed by atoms with Gasteiger partial charge < -0.3 is 10.5 Å². The molecule has 0 aliphatic rings. The zero-order valence-corrected chi connectivity index (χ0v) is 10.2. The van der Waals surface area contributed by atoms with Gasteiger partial charge in [-0.2, -0.15) is 0 Å². The Morgan fingerprint density at radius 2 is 1.76 bits per heavy atom. The molecule has 0 aromatic heterocycles. The summed E-state index contributed by atoms with van der Waals surface area (Å²) in [5.41, 5.74) is 10.1. The number of rotatable bonds is 3. The highest BCUT2D eigenvalue weighted by Gasteiger charge is 2.04. The molecule has 0 heterocycles. The van der Waals surface area contributed by atoms with Crippen molar-refractivity contribution in [2.45, 2.75) is 20.5 Å². The normalized spacial score (nSPS) is 10.2. The van der Waals surface area contributed by atoms with Crippen LogP contribution < -0.4 is 10.5 Å². The van der Waals surface area contributed by atoms with Crippen LogP contribution in [-0.4, -0.2) is 0 Å². The van der Waals surface area contributed by atoms with Crippen molar-refractivity contribution in [3.05, 3.63) is 59.2 Å².